The lowest BCUT2D eigenvalue weighted by Gasteiger charge is -2.09. The van der Waals surface area contributed by atoms with Gasteiger partial charge < -0.3 is 15.2 Å². The molecule has 0 unspecified atom stereocenters. The molecule has 3 aromatic rings. The number of carbonyl (C=O) groups excluding carboxylic acids is 1. The zero-order valence-electron chi connectivity index (χ0n) is 15.4. The fourth-order valence-corrected chi connectivity index (χ4v) is 3.81. The number of hydrogen-bond acceptors (Lipinski definition) is 7. The second-order valence-electron chi connectivity index (χ2n) is 6.58. The molecule has 9 heteroatoms. The summed E-state index contributed by atoms with van der Waals surface area (Å²) >= 11 is 7.16. The van der Waals surface area contributed by atoms with Crippen LogP contribution in [0, 0.1) is 12.8 Å². The molecule has 0 atom stereocenters. The molecule has 0 saturated heterocycles. The summed E-state index contributed by atoms with van der Waals surface area (Å²) in [7, 11) is 0. The molecule has 1 aromatic carbocycles. The van der Waals surface area contributed by atoms with Gasteiger partial charge in [0.1, 0.15) is 21.9 Å². The highest BCUT2D eigenvalue weighted by Gasteiger charge is 2.21. The monoisotopic (exact) mass is 419 g/mol. The number of anilines is 2. The number of benzene rings is 1. The van der Waals surface area contributed by atoms with Crippen molar-refractivity contribution >= 4 is 56.6 Å². The van der Waals surface area contributed by atoms with E-state index in [0.717, 1.165) is 0 Å². The van der Waals surface area contributed by atoms with E-state index in [9.17, 15) is 14.7 Å². The van der Waals surface area contributed by atoms with Crippen molar-refractivity contribution in [3.8, 4) is 0 Å². The van der Waals surface area contributed by atoms with Crippen LogP contribution in [0.5, 0.6) is 0 Å². The second-order valence-corrected chi connectivity index (χ2v) is 7.98. The van der Waals surface area contributed by atoms with Crippen LogP contribution >= 0.6 is 22.9 Å². The molecule has 0 aliphatic rings. The predicted molar refractivity (Wildman–Crippen MR) is 109 cm³/mol. The first kappa shape index (κ1) is 20.0. The molecule has 2 N–H and O–H groups in total. The molecule has 0 aliphatic heterocycles. The standard InChI is InChI=1S/C19H18ClN3O4S/c1-9(2)7-27-19(26)15-10(3)14-16(21-8-22-17(14)28-15)23-11-4-5-13(20)12(6-11)18(24)25/h4-6,8-9H,7H2,1-3H3,(H,24,25)(H,21,22,23). The van der Waals surface area contributed by atoms with Crippen molar-refractivity contribution in [2.45, 2.75) is 20.8 Å². The lowest BCUT2D eigenvalue weighted by molar-refractivity contribution is 0.0463. The second kappa shape index (κ2) is 8.12. The van der Waals surface area contributed by atoms with Crippen molar-refractivity contribution in [2.75, 3.05) is 11.9 Å². The van der Waals surface area contributed by atoms with E-state index in [-0.39, 0.29) is 22.5 Å². The van der Waals surface area contributed by atoms with Gasteiger partial charge in [0.25, 0.3) is 0 Å². The van der Waals surface area contributed by atoms with Gasteiger partial charge in [0.2, 0.25) is 0 Å². The van der Waals surface area contributed by atoms with Gasteiger partial charge in [-0.2, -0.15) is 0 Å². The van der Waals surface area contributed by atoms with E-state index in [0.29, 0.717) is 38.8 Å². The Bertz CT molecular complexity index is 1060. The van der Waals surface area contributed by atoms with Gasteiger partial charge in [0.15, 0.2) is 0 Å². The SMILES string of the molecule is Cc1c(C(=O)OCC(C)C)sc2ncnc(Nc3ccc(Cl)c(C(=O)O)c3)c12. The van der Waals surface area contributed by atoms with Crippen LogP contribution < -0.4 is 5.32 Å². The van der Waals surface area contributed by atoms with Crippen LogP contribution in [0.4, 0.5) is 11.5 Å². The number of aryl methyl sites for hydroxylation is 1. The van der Waals surface area contributed by atoms with Crippen molar-refractivity contribution in [1.29, 1.82) is 0 Å². The number of nitrogens with one attached hydrogen (secondary N) is 1. The van der Waals surface area contributed by atoms with Gasteiger partial charge in [-0.05, 0) is 36.6 Å². The summed E-state index contributed by atoms with van der Waals surface area (Å²) in [6.07, 6.45) is 1.39. The van der Waals surface area contributed by atoms with Gasteiger partial charge >= 0.3 is 11.9 Å². The topological polar surface area (TPSA) is 101 Å². The van der Waals surface area contributed by atoms with Gasteiger partial charge in [-0.15, -0.1) is 11.3 Å². The molecule has 0 radical (unpaired) electrons. The largest absolute Gasteiger partial charge is 0.478 e. The molecule has 0 bridgehead atoms. The van der Waals surface area contributed by atoms with Crippen molar-refractivity contribution in [3.05, 3.63) is 45.6 Å². The van der Waals surface area contributed by atoms with Gasteiger partial charge in [-0.3, -0.25) is 0 Å². The molecule has 0 saturated carbocycles. The number of fused-ring (bicyclic) bond motifs is 1. The maximum absolute atomic E-state index is 12.4. The Labute approximate surface area is 170 Å². The first-order valence-electron chi connectivity index (χ1n) is 8.49. The van der Waals surface area contributed by atoms with Crippen LogP contribution in [0.2, 0.25) is 5.02 Å². The summed E-state index contributed by atoms with van der Waals surface area (Å²) in [5.74, 6) is -0.799. The lowest BCUT2D eigenvalue weighted by atomic mass is 10.1. The molecule has 2 heterocycles. The van der Waals surface area contributed by atoms with E-state index < -0.39 is 5.97 Å². The highest BCUT2D eigenvalue weighted by molar-refractivity contribution is 7.20. The number of carboxylic acids is 1. The van der Waals surface area contributed by atoms with E-state index in [1.807, 2.05) is 20.8 Å². The Kier molecular flexibility index (Phi) is 5.81. The third-order valence-corrected chi connectivity index (χ3v) is 5.43. The van der Waals surface area contributed by atoms with Gasteiger partial charge in [-0.1, -0.05) is 25.4 Å². The molecular weight excluding hydrogens is 402 g/mol. The van der Waals surface area contributed by atoms with Crippen LogP contribution in [0.25, 0.3) is 10.2 Å². The van der Waals surface area contributed by atoms with E-state index >= 15 is 0 Å². The maximum atomic E-state index is 12.4. The third-order valence-electron chi connectivity index (χ3n) is 3.92. The number of halogens is 1. The summed E-state index contributed by atoms with van der Waals surface area (Å²) < 4.78 is 5.34. The van der Waals surface area contributed by atoms with E-state index in [2.05, 4.69) is 15.3 Å². The molecule has 0 aliphatic carbocycles. The minimum Gasteiger partial charge on any atom is -0.478 e. The Morgan fingerprint density at radius 1 is 1.32 bits per heavy atom. The van der Waals surface area contributed by atoms with Crippen LogP contribution in [-0.4, -0.2) is 33.6 Å². The predicted octanol–water partition coefficient (Wildman–Crippen LogP) is 4.91. The van der Waals surface area contributed by atoms with Crippen LogP contribution in [0.1, 0.15) is 39.4 Å². The zero-order chi connectivity index (χ0) is 20.4. The number of aromatic nitrogens is 2. The van der Waals surface area contributed by atoms with Crippen LogP contribution in [0.15, 0.2) is 24.5 Å². The summed E-state index contributed by atoms with van der Waals surface area (Å²) in [6, 6.07) is 4.58. The number of aromatic carboxylic acids is 1. The molecule has 0 spiro atoms. The first-order valence-corrected chi connectivity index (χ1v) is 9.68. The number of ether oxygens (including phenoxy) is 1. The summed E-state index contributed by atoms with van der Waals surface area (Å²) in [5, 5.41) is 13.2. The molecule has 0 amide bonds. The Balaban J connectivity index is 1.98. The van der Waals surface area contributed by atoms with Crippen molar-refractivity contribution in [1.82, 2.24) is 9.97 Å². The van der Waals surface area contributed by atoms with Gasteiger partial charge in [0.05, 0.1) is 22.6 Å². The number of rotatable bonds is 6. The van der Waals surface area contributed by atoms with Crippen LogP contribution in [-0.2, 0) is 4.74 Å². The maximum Gasteiger partial charge on any atom is 0.348 e. The number of hydrogen-bond donors (Lipinski definition) is 2. The number of nitrogens with zero attached hydrogens (tertiary/aromatic N) is 2. The average molecular weight is 420 g/mol. The molecule has 0 fully saturated rings. The van der Waals surface area contributed by atoms with Crippen molar-refractivity contribution in [3.63, 3.8) is 0 Å². The van der Waals surface area contributed by atoms with Crippen LogP contribution in [0.3, 0.4) is 0 Å². The smallest absolute Gasteiger partial charge is 0.348 e. The number of thiophene rings is 1. The Morgan fingerprint density at radius 3 is 2.75 bits per heavy atom. The minimum absolute atomic E-state index is 0.0167. The first-order chi connectivity index (χ1) is 13.3. The highest BCUT2D eigenvalue weighted by Crippen LogP contribution is 2.35. The minimum atomic E-state index is -1.12. The summed E-state index contributed by atoms with van der Waals surface area (Å²) in [6.45, 7) is 6.09. The molecule has 146 valence electrons. The number of carboxylic acid groups (broad SMARTS) is 1. The molecule has 28 heavy (non-hydrogen) atoms. The molecule has 3 rings (SSSR count). The highest BCUT2D eigenvalue weighted by atomic mass is 35.5. The quantitative estimate of drug-likeness (QED) is 0.547. The van der Waals surface area contributed by atoms with E-state index in [1.165, 1.54) is 29.8 Å². The van der Waals surface area contributed by atoms with Gasteiger partial charge in [0, 0.05) is 5.69 Å². The average Bonchev–Trinajstić information content (AvgIpc) is 2.99. The summed E-state index contributed by atoms with van der Waals surface area (Å²) in [5.41, 5.74) is 1.21. The summed E-state index contributed by atoms with van der Waals surface area (Å²) in [4.78, 5) is 33.3. The van der Waals surface area contributed by atoms with E-state index in [1.54, 1.807) is 6.07 Å². The number of carbonyl (C=O) groups is 2. The normalized spacial score (nSPS) is 11.0. The zero-order valence-corrected chi connectivity index (χ0v) is 17.0. The molecule has 2 aromatic heterocycles. The third kappa shape index (κ3) is 4.07. The fourth-order valence-electron chi connectivity index (χ4n) is 2.57. The van der Waals surface area contributed by atoms with E-state index in [4.69, 9.17) is 16.3 Å². The molecule has 7 nitrogen and oxygen atoms in total. The fraction of sp³-hybridized carbons (Fsp3) is 0.263. The Morgan fingerprint density at radius 2 is 2.07 bits per heavy atom. The lowest BCUT2D eigenvalue weighted by Crippen LogP contribution is -2.09. The van der Waals surface area contributed by atoms with Crippen molar-refractivity contribution < 1.29 is 19.4 Å². The van der Waals surface area contributed by atoms with Crippen molar-refractivity contribution in [2.24, 2.45) is 5.92 Å². The molecular formula is C19H18ClN3O4S. The Hall–Kier alpha value is -2.71. The number of esters is 1. The van der Waals surface area contributed by atoms with Gasteiger partial charge in [-0.25, -0.2) is 19.6 Å².